The Kier molecular flexibility index (Phi) is 8.77. The van der Waals surface area contributed by atoms with Gasteiger partial charge in [0.15, 0.2) is 0 Å². The lowest BCUT2D eigenvalue weighted by atomic mass is 9.87. The zero-order valence-electron chi connectivity index (χ0n) is 18.2. The summed E-state index contributed by atoms with van der Waals surface area (Å²) in [6.45, 7) is 6.34. The van der Waals surface area contributed by atoms with Gasteiger partial charge in [0.2, 0.25) is 5.78 Å². The van der Waals surface area contributed by atoms with Gasteiger partial charge in [-0.2, -0.15) is 13.2 Å². The summed E-state index contributed by atoms with van der Waals surface area (Å²) >= 11 is 0. The molecule has 0 amide bonds. The number of esters is 1. The number of aliphatic hydroxyl groups is 1. The molecule has 0 aromatic heterocycles. The third-order valence-electron chi connectivity index (χ3n) is 4.46. The fourth-order valence-electron chi connectivity index (χ4n) is 2.62. The van der Waals surface area contributed by atoms with Gasteiger partial charge in [-0.05, 0) is 12.3 Å². The topological polar surface area (TPSA) is 128 Å². The van der Waals surface area contributed by atoms with E-state index in [9.17, 15) is 38.0 Å². The number of benzene rings is 1. The predicted molar refractivity (Wildman–Crippen MR) is 107 cm³/mol. The molecule has 32 heavy (non-hydrogen) atoms. The maximum atomic E-state index is 13.2. The van der Waals surface area contributed by atoms with Crippen molar-refractivity contribution in [1.82, 2.24) is 5.32 Å². The number of nitro benzene ring substituents is 1. The van der Waals surface area contributed by atoms with Crippen LogP contribution in [0.15, 0.2) is 23.9 Å². The van der Waals surface area contributed by atoms with Gasteiger partial charge in [-0.3, -0.25) is 14.9 Å². The summed E-state index contributed by atoms with van der Waals surface area (Å²) in [5.41, 5.74) is -4.75. The average molecular weight is 462 g/mol. The van der Waals surface area contributed by atoms with Gasteiger partial charge >= 0.3 is 12.1 Å². The maximum Gasteiger partial charge on any atom is 0.423 e. The number of ketones is 1. The van der Waals surface area contributed by atoms with Crippen LogP contribution in [0.25, 0.3) is 0 Å². The third-order valence-corrected chi connectivity index (χ3v) is 4.46. The van der Waals surface area contributed by atoms with Gasteiger partial charge in [0.25, 0.3) is 5.69 Å². The Morgan fingerprint density at radius 1 is 1.28 bits per heavy atom. The second kappa shape index (κ2) is 10.4. The predicted octanol–water partition coefficient (Wildman–Crippen LogP) is 3.25. The quantitative estimate of drug-likeness (QED) is 0.109. The van der Waals surface area contributed by atoms with Crippen LogP contribution in [0.3, 0.4) is 0 Å². The molecular formula is C20H25F3N2O7. The van der Waals surface area contributed by atoms with E-state index in [0.29, 0.717) is 12.1 Å². The first-order chi connectivity index (χ1) is 14.7. The molecule has 0 aliphatic rings. The second-order valence-corrected chi connectivity index (χ2v) is 7.70. The highest BCUT2D eigenvalue weighted by Gasteiger charge is 2.40. The fraction of sp³-hybridized carbons (Fsp3) is 0.500. The number of ether oxygens (including phenoxy) is 2. The molecule has 0 aliphatic carbocycles. The number of aliphatic hydroxyl groups excluding tert-OH is 1. The molecule has 0 saturated heterocycles. The first kappa shape index (κ1) is 26.9. The fourth-order valence-corrected chi connectivity index (χ4v) is 2.62. The number of hydrogen-bond acceptors (Lipinski definition) is 8. The Morgan fingerprint density at radius 3 is 2.28 bits per heavy atom. The number of carbonyl (C=O) groups is 2. The standard InChI is InChI=1S/C20H25F3N2O7/c1-6-32-18(28)12(9-24-16(10-26)19(2,3)4)17(27)11-7-14(25(29)30)13(20(21,22)23)8-15(11)31-5/h7-9,16,24,26H,6,10H2,1-5H3/b12-9-/t16-/m1/s1. The van der Waals surface area contributed by atoms with E-state index >= 15 is 0 Å². The number of nitrogens with one attached hydrogen (secondary N) is 1. The largest absolute Gasteiger partial charge is 0.496 e. The Morgan fingerprint density at radius 2 is 1.88 bits per heavy atom. The summed E-state index contributed by atoms with van der Waals surface area (Å²) in [4.78, 5) is 35.4. The number of Topliss-reactive ketones (excluding diaryl/α,β-unsaturated/α-hetero) is 1. The highest BCUT2D eigenvalue weighted by molar-refractivity contribution is 6.25. The zero-order chi connectivity index (χ0) is 24.9. The van der Waals surface area contributed by atoms with Crippen molar-refractivity contribution in [3.63, 3.8) is 0 Å². The van der Waals surface area contributed by atoms with Crippen LogP contribution in [-0.4, -0.2) is 48.1 Å². The molecule has 0 fully saturated rings. The van der Waals surface area contributed by atoms with Crippen LogP contribution in [0, 0.1) is 15.5 Å². The number of alkyl halides is 3. The van der Waals surface area contributed by atoms with E-state index in [0.717, 1.165) is 13.3 Å². The number of halogens is 3. The van der Waals surface area contributed by atoms with Gasteiger partial charge in [0, 0.05) is 18.3 Å². The third kappa shape index (κ3) is 6.42. The van der Waals surface area contributed by atoms with Gasteiger partial charge in [0.1, 0.15) is 16.9 Å². The molecule has 1 aromatic rings. The van der Waals surface area contributed by atoms with Crippen LogP contribution in [0.4, 0.5) is 18.9 Å². The van der Waals surface area contributed by atoms with E-state index in [1.807, 2.05) is 0 Å². The van der Waals surface area contributed by atoms with Crippen molar-refractivity contribution in [3.8, 4) is 5.75 Å². The molecule has 0 radical (unpaired) electrons. The molecule has 0 aliphatic heterocycles. The van der Waals surface area contributed by atoms with Crippen molar-refractivity contribution in [1.29, 1.82) is 0 Å². The lowest BCUT2D eigenvalue weighted by Crippen LogP contribution is -2.41. The lowest BCUT2D eigenvalue weighted by Gasteiger charge is -2.29. The maximum absolute atomic E-state index is 13.2. The summed E-state index contributed by atoms with van der Waals surface area (Å²) in [5, 5.41) is 23.5. The van der Waals surface area contributed by atoms with Crippen LogP contribution in [0.5, 0.6) is 5.75 Å². The molecule has 0 unspecified atom stereocenters. The van der Waals surface area contributed by atoms with Crippen molar-refractivity contribution in [2.45, 2.75) is 39.9 Å². The van der Waals surface area contributed by atoms with Gasteiger partial charge in [-0.15, -0.1) is 0 Å². The van der Waals surface area contributed by atoms with Gasteiger partial charge in [-0.1, -0.05) is 20.8 Å². The smallest absolute Gasteiger partial charge is 0.423 e. The number of hydrogen-bond donors (Lipinski definition) is 2. The summed E-state index contributed by atoms with van der Waals surface area (Å²) < 4.78 is 49.4. The minimum atomic E-state index is -5.08. The molecule has 1 atom stereocenters. The zero-order valence-corrected chi connectivity index (χ0v) is 18.2. The number of carbonyl (C=O) groups excluding carboxylic acids is 2. The number of rotatable bonds is 9. The minimum absolute atomic E-state index is 0.115. The van der Waals surface area contributed by atoms with Crippen molar-refractivity contribution in [2.24, 2.45) is 5.41 Å². The highest BCUT2D eigenvalue weighted by atomic mass is 19.4. The number of methoxy groups -OCH3 is 1. The average Bonchev–Trinajstić information content (AvgIpc) is 2.68. The summed E-state index contributed by atoms with van der Waals surface area (Å²) in [5.74, 6) is -2.88. The van der Waals surface area contributed by atoms with E-state index in [4.69, 9.17) is 9.47 Å². The van der Waals surface area contributed by atoms with Crippen LogP contribution in [-0.2, 0) is 15.7 Å². The van der Waals surface area contributed by atoms with Crippen molar-refractivity contribution in [3.05, 3.63) is 45.1 Å². The van der Waals surface area contributed by atoms with Gasteiger partial charge < -0.3 is 19.9 Å². The van der Waals surface area contributed by atoms with E-state index in [1.54, 1.807) is 20.8 Å². The van der Waals surface area contributed by atoms with Crippen molar-refractivity contribution in [2.75, 3.05) is 20.3 Å². The summed E-state index contributed by atoms with van der Waals surface area (Å²) in [6, 6.07) is 0.126. The SMILES string of the molecule is CCOC(=O)/C(=C\N[C@H](CO)C(C)(C)C)C(=O)c1cc([N+](=O)[O-])c(C(F)(F)F)cc1OC. The molecule has 0 bridgehead atoms. The van der Waals surface area contributed by atoms with Crippen LogP contribution >= 0.6 is 0 Å². The molecule has 2 N–H and O–H groups in total. The second-order valence-electron chi connectivity index (χ2n) is 7.70. The van der Waals surface area contributed by atoms with E-state index in [1.165, 1.54) is 6.92 Å². The summed E-state index contributed by atoms with van der Waals surface area (Å²) in [7, 11) is 0.978. The Hall–Kier alpha value is -3.15. The van der Waals surface area contributed by atoms with Crippen LogP contribution in [0.2, 0.25) is 0 Å². The summed E-state index contributed by atoms with van der Waals surface area (Å²) in [6.07, 6.45) is -4.12. The molecule has 12 heteroatoms. The molecule has 0 heterocycles. The molecule has 178 valence electrons. The Bertz CT molecular complexity index is 906. The molecule has 0 spiro atoms. The lowest BCUT2D eigenvalue weighted by molar-refractivity contribution is -0.388. The number of nitrogens with zero attached hydrogens (tertiary/aromatic N) is 1. The van der Waals surface area contributed by atoms with Crippen molar-refractivity contribution < 1.29 is 42.3 Å². The van der Waals surface area contributed by atoms with E-state index < -0.39 is 62.4 Å². The Labute approximate surface area is 182 Å². The highest BCUT2D eigenvalue weighted by Crippen LogP contribution is 2.40. The number of nitro groups is 1. The monoisotopic (exact) mass is 462 g/mol. The molecule has 9 nitrogen and oxygen atoms in total. The first-order valence-electron chi connectivity index (χ1n) is 9.41. The Balaban J connectivity index is 3.65. The normalized spacial score (nSPS) is 13.3. The molecule has 1 aromatic carbocycles. The first-order valence-corrected chi connectivity index (χ1v) is 9.41. The molecule has 1 rings (SSSR count). The van der Waals surface area contributed by atoms with E-state index in [2.05, 4.69) is 5.32 Å². The minimum Gasteiger partial charge on any atom is -0.496 e. The van der Waals surface area contributed by atoms with Crippen molar-refractivity contribution >= 4 is 17.4 Å². The van der Waals surface area contributed by atoms with Crippen LogP contribution in [0.1, 0.15) is 43.6 Å². The molecular weight excluding hydrogens is 437 g/mol. The van der Waals surface area contributed by atoms with Gasteiger partial charge in [-0.25, -0.2) is 4.79 Å². The van der Waals surface area contributed by atoms with E-state index in [-0.39, 0.29) is 13.2 Å². The van der Waals surface area contributed by atoms with Crippen LogP contribution < -0.4 is 10.1 Å². The van der Waals surface area contributed by atoms with Gasteiger partial charge in [0.05, 0.1) is 36.9 Å². The molecule has 0 saturated carbocycles.